The fourth-order valence-corrected chi connectivity index (χ4v) is 7.45. The molecule has 1 amide bonds. The van der Waals surface area contributed by atoms with Crippen LogP contribution in [-0.2, 0) is 0 Å². The minimum absolute atomic E-state index is 0.0603. The number of carbonyl (C=O) groups excluding carboxylic acids is 1. The lowest BCUT2D eigenvalue weighted by atomic mass is 10.00. The molecule has 322 valence electrons. The number of H-pyrrole nitrogens is 1. The summed E-state index contributed by atoms with van der Waals surface area (Å²) in [6.07, 6.45) is 1.92. The minimum Gasteiger partial charge on any atom is -0.505 e. The number of carbonyl (C=O) groups is 1. The minimum atomic E-state index is -0.493. The van der Waals surface area contributed by atoms with Crippen molar-refractivity contribution in [2.75, 3.05) is 80.7 Å². The van der Waals surface area contributed by atoms with Crippen molar-refractivity contribution in [1.82, 2.24) is 29.7 Å². The van der Waals surface area contributed by atoms with Crippen LogP contribution in [-0.4, -0.2) is 100 Å². The standard InChI is InChI=1S/C47H56N12O3/c1-6-58(7-2)28-12-26-48-45-53-46(49-27-13-29-59(8-3)9-4)55-47(54-45)51-33-17-19-34(20-18-33)56-57-42-40-31(16-25-37-36-14-10-11-15-39(36)52-41(37)40)30-38(43(42)60)44(61)50-32-21-23-35(62-5)24-22-32/h10-11,14-25,30,52,60H,6-9,12-13,26-29H2,1-5H3,(H,50,61)(H3,48,49,51,53,54,55). The molecule has 6 N–H and O–H groups in total. The largest absolute Gasteiger partial charge is 0.505 e. The van der Waals surface area contributed by atoms with Crippen LogP contribution in [0.25, 0.3) is 32.6 Å². The maximum Gasteiger partial charge on any atom is 0.259 e. The predicted molar refractivity (Wildman–Crippen MR) is 251 cm³/mol. The molecule has 0 fully saturated rings. The number of phenolic OH excluding ortho intramolecular Hbond substituents is 1. The van der Waals surface area contributed by atoms with Crippen LogP contribution >= 0.6 is 0 Å². The summed E-state index contributed by atoms with van der Waals surface area (Å²) in [6, 6.07) is 27.9. The number of aromatic amines is 1. The number of para-hydroxylation sites is 1. The molecule has 62 heavy (non-hydrogen) atoms. The smallest absolute Gasteiger partial charge is 0.259 e. The highest BCUT2D eigenvalue weighted by atomic mass is 16.5. The Labute approximate surface area is 362 Å². The van der Waals surface area contributed by atoms with Gasteiger partial charge in [-0.15, -0.1) is 5.11 Å². The van der Waals surface area contributed by atoms with E-state index in [1.54, 1.807) is 37.4 Å². The van der Waals surface area contributed by atoms with Crippen molar-refractivity contribution < 1.29 is 14.6 Å². The average molecular weight is 837 g/mol. The van der Waals surface area contributed by atoms with Crippen LogP contribution in [0.3, 0.4) is 0 Å². The third-order valence-electron chi connectivity index (χ3n) is 11.0. The molecule has 0 aliphatic heterocycles. The van der Waals surface area contributed by atoms with E-state index in [-0.39, 0.29) is 17.0 Å². The molecule has 7 aromatic rings. The molecule has 2 aromatic heterocycles. The van der Waals surface area contributed by atoms with Crippen molar-refractivity contribution in [3.63, 3.8) is 0 Å². The van der Waals surface area contributed by atoms with E-state index >= 15 is 0 Å². The van der Waals surface area contributed by atoms with Crippen LogP contribution in [0.15, 0.2) is 101 Å². The molecule has 0 spiro atoms. The molecule has 0 saturated heterocycles. The number of ether oxygens (including phenoxy) is 1. The second-order valence-electron chi connectivity index (χ2n) is 14.9. The van der Waals surface area contributed by atoms with E-state index in [4.69, 9.17) is 4.74 Å². The van der Waals surface area contributed by atoms with E-state index < -0.39 is 5.91 Å². The summed E-state index contributed by atoms with van der Waals surface area (Å²) in [5.41, 5.74) is 3.76. The topological polar surface area (TPSA) is 180 Å². The first-order chi connectivity index (χ1) is 30.3. The number of amides is 1. The molecule has 0 atom stereocenters. The van der Waals surface area contributed by atoms with Crippen LogP contribution in [0.4, 0.5) is 40.6 Å². The summed E-state index contributed by atoms with van der Waals surface area (Å²) in [5.74, 6) is 1.27. The summed E-state index contributed by atoms with van der Waals surface area (Å²) in [5, 5.41) is 37.4. The molecule has 0 bridgehead atoms. The molecule has 5 aromatic carbocycles. The first kappa shape index (κ1) is 43.3. The number of rotatable bonds is 21. The van der Waals surface area contributed by atoms with Gasteiger partial charge in [-0.1, -0.05) is 58.0 Å². The van der Waals surface area contributed by atoms with Crippen molar-refractivity contribution in [2.45, 2.75) is 40.5 Å². The first-order valence-corrected chi connectivity index (χ1v) is 21.4. The number of azo groups is 1. The van der Waals surface area contributed by atoms with Crippen LogP contribution in [0.1, 0.15) is 50.9 Å². The number of anilines is 5. The van der Waals surface area contributed by atoms with Gasteiger partial charge in [-0.25, -0.2) is 0 Å². The van der Waals surface area contributed by atoms with Gasteiger partial charge in [0.15, 0.2) is 5.75 Å². The van der Waals surface area contributed by atoms with Gasteiger partial charge in [0.1, 0.15) is 11.4 Å². The van der Waals surface area contributed by atoms with Gasteiger partial charge < -0.3 is 45.9 Å². The number of methoxy groups -OCH3 is 1. The van der Waals surface area contributed by atoms with Gasteiger partial charge >= 0.3 is 0 Å². The highest BCUT2D eigenvalue weighted by Crippen LogP contribution is 2.44. The van der Waals surface area contributed by atoms with Crippen molar-refractivity contribution >= 4 is 79.1 Å². The third kappa shape index (κ3) is 10.4. The molecule has 15 nitrogen and oxygen atoms in total. The van der Waals surface area contributed by atoms with Crippen molar-refractivity contribution in [3.05, 3.63) is 96.6 Å². The highest BCUT2D eigenvalue weighted by Gasteiger charge is 2.22. The third-order valence-corrected chi connectivity index (χ3v) is 11.0. The highest BCUT2D eigenvalue weighted by molar-refractivity contribution is 6.22. The number of hydrogen-bond acceptors (Lipinski definition) is 13. The van der Waals surface area contributed by atoms with Crippen LogP contribution in [0.2, 0.25) is 0 Å². The Bertz CT molecular complexity index is 2580. The summed E-state index contributed by atoms with van der Waals surface area (Å²) >= 11 is 0. The van der Waals surface area contributed by atoms with Gasteiger partial charge in [0.05, 0.1) is 23.9 Å². The van der Waals surface area contributed by atoms with Crippen LogP contribution in [0, 0.1) is 0 Å². The Morgan fingerprint density at radius 3 is 1.97 bits per heavy atom. The lowest BCUT2D eigenvalue weighted by Crippen LogP contribution is -2.26. The molecule has 0 saturated carbocycles. The Morgan fingerprint density at radius 2 is 1.34 bits per heavy atom. The number of fused-ring (bicyclic) bond motifs is 5. The summed E-state index contributed by atoms with van der Waals surface area (Å²) in [4.78, 5) is 36.0. The van der Waals surface area contributed by atoms with E-state index in [1.807, 2.05) is 60.7 Å². The van der Waals surface area contributed by atoms with Crippen molar-refractivity contribution in [3.8, 4) is 11.5 Å². The van der Waals surface area contributed by atoms with Crippen molar-refractivity contribution in [1.29, 1.82) is 0 Å². The number of aromatic hydroxyl groups is 1. The number of phenols is 1. The first-order valence-electron chi connectivity index (χ1n) is 21.4. The van der Waals surface area contributed by atoms with E-state index in [0.717, 1.165) is 92.7 Å². The summed E-state index contributed by atoms with van der Waals surface area (Å²) in [6.45, 7) is 16.2. The summed E-state index contributed by atoms with van der Waals surface area (Å²) < 4.78 is 5.26. The fraction of sp³-hybridized carbons (Fsp3) is 0.319. The second-order valence-corrected chi connectivity index (χ2v) is 14.9. The van der Waals surface area contributed by atoms with E-state index in [2.05, 4.69) is 88.9 Å². The zero-order valence-electron chi connectivity index (χ0n) is 36.1. The molecule has 7 rings (SSSR count). The maximum atomic E-state index is 13.7. The Balaban J connectivity index is 1.14. The van der Waals surface area contributed by atoms with Crippen LogP contribution in [0.5, 0.6) is 11.5 Å². The molecular formula is C47H56N12O3. The molecule has 0 unspecified atom stereocenters. The number of nitrogens with one attached hydrogen (secondary N) is 5. The molecular weight excluding hydrogens is 781 g/mol. The lowest BCUT2D eigenvalue weighted by Gasteiger charge is -2.18. The van der Waals surface area contributed by atoms with Gasteiger partial charge in [0.2, 0.25) is 17.8 Å². The Kier molecular flexibility index (Phi) is 14.4. The van der Waals surface area contributed by atoms with E-state index in [0.29, 0.717) is 45.7 Å². The van der Waals surface area contributed by atoms with Gasteiger partial charge in [-0.05, 0) is 118 Å². The predicted octanol–water partition coefficient (Wildman–Crippen LogP) is 10.1. The Hall–Kier alpha value is -6.84. The number of nitrogens with zero attached hydrogens (tertiary/aromatic N) is 7. The van der Waals surface area contributed by atoms with Crippen molar-refractivity contribution in [2.24, 2.45) is 10.2 Å². The Morgan fingerprint density at radius 1 is 0.726 bits per heavy atom. The van der Waals surface area contributed by atoms with Gasteiger partial charge in [0, 0.05) is 46.1 Å². The summed E-state index contributed by atoms with van der Waals surface area (Å²) in [7, 11) is 1.58. The number of aromatic nitrogens is 4. The normalized spacial score (nSPS) is 11.7. The SMILES string of the molecule is CCN(CC)CCCNc1nc(NCCCN(CC)CC)nc(Nc2ccc(N=Nc3c(O)c(C(=O)Nc4ccc(OC)cc4)cc4ccc5c6ccccc6[nH]c5c34)cc2)n1. The zero-order valence-corrected chi connectivity index (χ0v) is 36.1. The molecule has 15 heteroatoms. The second kappa shape index (κ2) is 20.6. The van der Waals surface area contributed by atoms with Gasteiger partial charge in [-0.2, -0.15) is 20.1 Å². The lowest BCUT2D eigenvalue weighted by molar-refractivity contribution is 0.102. The average Bonchev–Trinajstić information content (AvgIpc) is 3.68. The number of benzene rings is 5. The monoisotopic (exact) mass is 836 g/mol. The quantitative estimate of drug-likeness (QED) is 0.0300. The molecule has 0 aliphatic carbocycles. The zero-order chi connectivity index (χ0) is 43.4. The molecule has 2 heterocycles. The van der Waals surface area contributed by atoms with Gasteiger partial charge in [-0.3, -0.25) is 4.79 Å². The van der Waals surface area contributed by atoms with Crippen LogP contribution < -0.4 is 26.0 Å². The van der Waals surface area contributed by atoms with Gasteiger partial charge in [0.25, 0.3) is 5.91 Å². The number of hydrogen-bond donors (Lipinski definition) is 6. The molecule has 0 radical (unpaired) electrons. The maximum absolute atomic E-state index is 13.7. The fourth-order valence-electron chi connectivity index (χ4n) is 7.45. The van der Waals surface area contributed by atoms with E-state index in [1.165, 1.54) is 0 Å². The van der Waals surface area contributed by atoms with E-state index in [9.17, 15) is 9.90 Å². The molecule has 0 aliphatic rings.